The molecule has 0 unspecified atom stereocenters. The lowest BCUT2D eigenvalue weighted by molar-refractivity contribution is -0.139. The lowest BCUT2D eigenvalue weighted by Gasteiger charge is -2.33. The number of carbonyl (C=O) groups excluding carboxylic acids is 3. The van der Waals surface area contributed by atoms with Gasteiger partial charge in [-0.25, -0.2) is 4.79 Å². The van der Waals surface area contributed by atoms with Crippen molar-refractivity contribution in [2.75, 3.05) is 11.9 Å². The normalized spacial score (nSPS) is 12.8. The van der Waals surface area contributed by atoms with Gasteiger partial charge in [-0.15, -0.1) is 0 Å². The number of rotatable bonds is 8. The zero-order chi connectivity index (χ0) is 19.0. The summed E-state index contributed by atoms with van der Waals surface area (Å²) in [6, 6.07) is 6.53. The van der Waals surface area contributed by atoms with Crippen LogP contribution in [0.1, 0.15) is 57.8 Å². The van der Waals surface area contributed by atoms with Crippen LogP contribution < -0.4 is 5.32 Å². The molecule has 0 heterocycles. The minimum Gasteiger partial charge on any atom is -0.452 e. The fraction of sp³-hybridized carbons (Fsp3) is 0.526. The Kier molecular flexibility index (Phi) is 8.11. The molecule has 0 aliphatic rings. The van der Waals surface area contributed by atoms with Crippen molar-refractivity contribution in [3.63, 3.8) is 0 Å². The van der Waals surface area contributed by atoms with E-state index in [2.05, 4.69) is 5.32 Å². The Balaban J connectivity index is 2.67. The van der Waals surface area contributed by atoms with Gasteiger partial charge in [0.25, 0.3) is 5.91 Å². The van der Waals surface area contributed by atoms with Crippen molar-refractivity contribution in [1.82, 2.24) is 4.90 Å². The van der Waals surface area contributed by atoms with Crippen LogP contribution in [0.3, 0.4) is 0 Å². The Labute approximate surface area is 149 Å². The molecule has 0 saturated heterocycles. The van der Waals surface area contributed by atoms with Crippen LogP contribution in [0.25, 0.3) is 0 Å². The van der Waals surface area contributed by atoms with Gasteiger partial charge in [0.1, 0.15) is 0 Å². The summed E-state index contributed by atoms with van der Waals surface area (Å²) >= 11 is 0. The van der Waals surface area contributed by atoms with Gasteiger partial charge in [0.2, 0.25) is 5.91 Å². The zero-order valence-electron chi connectivity index (χ0n) is 15.7. The highest BCUT2D eigenvalue weighted by molar-refractivity contribution is 5.93. The summed E-state index contributed by atoms with van der Waals surface area (Å²) < 4.78 is 5.16. The molecule has 0 bridgehead atoms. The number of anilines is 1. The number of hydrogen-bond acceptors (Lipinski definition) is 4. The second-order valence-corrected chi connectivity index (χ2v) is 6.15. The van der Waals surface area contributed by atoms with Gasteiger partial charge in [-0.3, -0.25) is 9.59 Å². The number of nitrogens with zero attached hydrogens (tertiary/aromatic N) is 1. The summed E-state index contributed by atoms with van der Waals surface area (Å²) in [5.41, 5.74) is 0.931. The average Bonchev–Trinajstić information content (AvgIpc) is 2.59. The number of benzene rings is 1. The molecule has 1 aromatic carbocycles. The summed E-state index contributed by atoms with van der Waals surface area (Å²) in [6.45, 7) is 9.17. The molecule has 0 aliphatic carbocycles. The fourth-order valence-electron chi connectivity index (χ4n) is 2.50. The van der Waals surface area contributed by atoms with Gasteiger partial charge in [0.15, 0.2) is 6.61 Å². The molecule has 6 heteroatoms. The molecule has 6 nitrogen and oxygen atoms in total. The van der Waals surface area contributed by atoms with E-state index in [4.69, 9.17) is 4.74 Å². The zero-order valence-corrected chi connectivity index (χ0v) is 15.7. The topological polar surface area (TPSA) is 75.7 Å². The van der Waals surface area contributed by atoms with Gasteiger partial charge in [-0.2, -0.15) is 0 Å². The van der Waals surface area contributed by atoms with Crippen LogP contribution >= 0.6 is 0 Å². The van der Waals surface area contributed by atoms with Crippen molar-refractivity contribution in [2.24, 2.45) is 0 Å². The molecular formula is C19H28N2O4. The predicted octanol–water partition coefficient (Wildman–Crippen LogP) is 3.23. The maximum atomic E-state index is 12.5. The lowest BCUT2D eigenvalue weighted by atomic mass is 10.1. The van der Waals surface area contributed by atoms with Gasteiger partial charge in [0, 0.05) is 24.7 Å². The van der Waals surface area contributed by atoms with Gasteiger partial charge >= 0.3 is 5.97 Å². The number of carbonyl (C=O) groups is 3. The van der Waals surface area contributed by atoms with Gasteiger partial charge in [-0.1, -0.05) is 13.8 Å². The first-order chi connectivity index (χ1) is 11.8. The lowest BCUT2D eigenvalue weighted by Crippen LogP contribution is -2.46. The molecule has 0 aliphatic heterocycles. The molecule has 0 spiro atoms. The Morgan fingerprint density at radius 2 is 1.56 bits per heavy atom. The maximum absolute atomic E-state index is 12.5. The molecule has 0 radical (unpaired) electrons. The third-order valence-electron chi connectivity index (χ3n) is 4.19. The summed E-state index contributed by atoms with van der Waals surface area (Å²) in [5, 5.41) is 2.62. The smallest absolute Gasteiger partial charge is 0.338 e. The monoisotopic (exact) mass is 348 g/mol. The van der Waals surface area contributed by atoms with Gasteiger partial charge < -0.3 is 15.0 Å². The Hall–Kier alpha value is -2.37. The molecule has 1 aromatic rings. The SMILES string of the molecule is CC[C@@H](C)N(C(=O)COC(=O)c1ccc(NC(C)=O)cc1)[C@H](C)CC. The maximum Gasteiger partial charge on any atom is 0.338 e. The van der Waals surface area contributed by atoms with Crippen LogP contribution in [0.4, 0.5) is 5.69 Å². The highest BCUT2D eigenvalue weighted by atomic mass is 16.5. The number of esters is 1. The number of hydrogen-bond donors (Lipinski definition) is 1. The number of ether oxygens (including phenoxy) is 1. The summed E-state index contributed by atoms with van der Waals surface area (Å²) in [7, 11) is 0. The van der Waals surface area contributed by atoms with Crippen LogP contribution in [-0.2, 0) is 14.3 Å². The van der Waals surface area contributed by atoms with Crippen molar-refractivity contribution in [3.05, 3.63) is 29.8 Å². The fourth-order valence-corrected chi connectivity index (χ4v) is 2.50. The third-order valence-corrected chi connectivity index (χ3v) is 4.19. The van der Waals surface area contributed by atoms with Crippen LogP contribution in [0.2, 0.25) is 0 Å². The first-order valence-electron chi connectivity index (χ1n) is 8.66. The van der Waals surface area contributed by atoms with E-state index in [0.717, 1.165) is 12.8 Å². The van der Waals surface area contributed by atoms with Gasteiger partial charge in [0.05, 0.1) is 5.56 Å². The summed E-state index contributed by atoms with van der Waals surface area (Å²) in [5.74, 6) is -0.931. The largest absolute Gasteiger partial charge is 0.452 e. The number of nitrogens with one attached hydrogen (secondary N) is 1. The van der Waals surface area contributed by atoms with Crippen LogP contribution in [-0.4, -0.2) is 41.4 Å². The Morgan fingerprint density at radius 3 is 2.00 bits per heavy atom. The van der Waals surface area contributed by atoms with Crippen LogP contribution in [0, 0.1) is 0 Å². The van der Waals surface area contributed by atoms with E-state index >= 15 is 0 Å². The quantitative estimate of drug-likeness (QED) is 0.732. The van der Waals surface area contributed by atoms with E-state index < -0.39 is 5.97 Å². The number of amides is 2. The standard InChI is InChI=1S/C19H28N2O4/c1-6-13(3)21(14(4)7-2)18(23)12-25-19(24)16-8-10-17(11-9-16)20-15(5)22/h8-11,13-14H,6-7,12H2,1-5H3,(H,20,22)/t13-,14-/m1/s1. The van der Waals surface area contributed by atoms with Crippen molar-refractivity contribution < 1.29 is 19.1 Å². The minimum absolute atomic E-state index is 0.0955. The second-order valence-electron chi connectivity index (χ2n) is 6.15. The van der Waals surface area contributed by atoms with Crippen molar-refractivity contribution >= 4 is 23.5 Å². The summed E-state index contributed by atoms with van der Waals surface area (Å²) in [4.78, 5) is 37.3. The van der Waals surface area contributed by atoms with E-state index in [1.54, 1.807) is 29.2 Å². The van der Waals surface area contributed by atoms with Gasteiger partial charge in [-0.05, 0) is 51.0 Å². The van der Waals surface area contributed by atoms with E-state index in [-0.39, 0.29) is 30.5 Å². The van der Waals surface area contributed by atoms with Crippen molar-refractivity contribution in [1.29, 1.82) is 0 Å². The van der Waals surface area contributed by atoms with E-state index in [9.17, 15) is 14.4 Å². The molecular weight excluding hydrogens is 320 g/mol. The molecule has 0 saturated carbocycles. The molecule has 1 rings (SSSR count). The van der Waals surface area contributed by atoms with Crippen LogP contribution in [0.5, 0.6) is 0 Å². The van der Waals surface area contributed by atoms with E-state index in [0.29, 0.717) is 11.3 Å². The molecule has 0 fully saturated rings. The molecule has 1 N–H and O–H groups in total. The summed E-state index contributed by atoms with van der Waals surface area (Å²) in [6.07, 6.45) is 1.68. The third kappa shape index (κ3) is 6.21. The Bertz CT molecular complexity index is 588. The molecule has 138 valence electrons. The first kappa shape index (κ1) is 20.7. The van der Waals surface area contributed by atoms with E-state index in [1.807, 2.05) is 27.7 Å². The van der Waals surface area contributed by atoms with Crippen molar-refractivity contribution in [3.8, 4) is 0 Å². The predicted molar refractivity (Wildman–Crippen MR) is 97.4 cm³/mol. The molecule has 0 aromatic heterocycles. The molecule has 25 heavy (non-hydrogen) atoms. The van der Waals surface area contributed by atoms with E-state index in [1.165, 1.54) is 6.92 Å². The van der Waals surface area contributed by atoms with Crippen molar-refractivity contribution in [2.45, 2.75) is 59.5 Å². The van der Waals surface area contributed by atoms with Crippen LogP contribution in [0.15, 0.2) is 24.3 Å². The first-order valence-corrected chi connectivity index (χ1v) is 8.66. The average molecular weight is 348 g/mol. The highest BCUT2D eigenvalue weighted by Crippen LogP contribution is 2.14. The molecule has 2 atom stereocenters. The molecule has 2 amide bonds. The minimum atomic E-state index is -0.559. The Morgan fingerprint density at radius 1 is 1.04 bits per heavy atom. The highest BCUT2D eigenvalue weighted by Gasteiger charge is 2.24. The second kappa shape index (κ2) is 9.81.